The number of hydrogen-bond donors (Lipinski definition) is 2. The van der Waals surface area contributed by atoms with E-state index in [-0.39, 0.29) is 12.5 Å². The first kappa shape index (κ1) is 11.1. The molecule has 5 heteroatoms. The van der Waals surface area contributed by atoms with E-state index in [9.17, 15) is 4.79 Å². The second-order valence-corrected chi connectivity index (χ2v) is 4.28. The van der Waals surface area contributed by atoms with Gasteiger partial charge in [0.1, 0.15) is 0 Å². The summed E-state index contributed by atoms with van der Waals surface area (Å²) in [5.74, 6) is 0.388. The highest BCUT2D eigenvalue weighted by molar-refractivity contribution is 5.80. The Labute approximate surface area is 94.4 Å². The summed E-state index contributed by atoms with van der Waals surface area (Å²) < 4.78 is 0. The van der Waals surface area contributed by atoms with Gasteiger partial charge >= 0.3 is 0 Å². The summed E-state index contributed by atoms with van der Waals surface area (Å²) in [5.41, 5.74) is 5.71. The molecule has 16 heavy (non-hydrogen) atoms. The topological polar surface area (TPSA) is 67.2 Å². The Balaban J connectivity index is 2.32. The van der Waals surface area contributed by atoms with Crippen LogP contribution in [0, 0.1) is 6.92 Å². The van der Waals surface area contributed by atoms with E-state index in [0.717, 1.165) is 29.8 Å². The van der Waals surface area contributed by atoms with E-state index >= 15 is 0 Å². The van der Waals surface area contributed by atoms with Crippen molar-refractivity contribution in [2.75, 3.05) is 12.0 Å². The average molecular weight is 223 g/mol. The van der Waals surface area contributed by atoms with Crippen molar-refractivity contribution in [3.8, 4) is 0 Å². The fourth-order valence-corrected chi connectivity index (χ4v) is 1.92. The summed E-state index contributed by atoms with van der Waals surface area (Å²) in [4.78, 5) is 12.5. The third-order valence-corrected chi connectivity index (χ3v) is 2.86. The lowest BCUT2D eigenvalue weighted by atomic mass is 10.1. The van der Waals surface area contributed by atoms with Crippen LogP contribution in [0.4, 0.5) is 0 Å². The molecule has 0 spiro atoms. The van der Waals surface area contributed by atoms with E-state index in [1.54, 1.807) is 0 Å². The molecule has 0 unspecified atom stereocenters. The second-order valence-electron chi connectivity index (χ2n) is 4.28. The highest BCUT2D eigenvalue weighted by Gasteiger charge is 2.30. The van der Waals surface area contributed by atoms with Gasteiger partial charge in [0.05, 0.1) is 11.4 Å². The molecule has 2 rings (SSSR count). The molecule has 0 bridgehead atoms. The molecule has 1 amide bonds. The van der Waals surface area contributed by atoms with Crippen LogP contribution < -0.4 is 5.43 Å². The van der Waals surface area contributed by atoms with Crippen molar-refractivity contribution in [2.24, 2.45) is 0 Å². The van der Waals surface area contributed by atoms with Gasteiger partial charge in [0.15, 0.2) is 0 Å². The number of carbonyl (C=O) groups excluding carboxylic acids is 1. The Kier molecular flexibility index (Phi) is 2.96. The van der Waals surface area contributed by atoms with Gasteiger partial charge in [-0.1, -0.05) is 0 Å². The lowest BCUT2D eigenvalue weighted by molar-refractivity contribution is -0.115. The van der Waals surface area contributed by atoms with Crippen LogP contribution in [-0.4, -0.2) is 27.5 Å². The molecule has 0 atom stereocenters. The molecule has 0 saturated heterocycles. The van der Waals surface area contributed by atoms with Crippen molar-refractivity contribution in [1.82, 2.24) is 9.89 Å². The molecule has 88 valence electrons. The van der Waals surface area contributed by atoms with Crippen LogP contribution in [0.2, 0.25) is 0 Å². The van der Waals surface area contributed by atoms with Crippen molar-refractivity contribution in [3.63, 3.8) is 0 Å². The number of amides is 1. The molecule has 0 aromatic carbocycles. The maximum absolute atomic E-state index is 11.0. The monoisotopic (exact) mass is 223 g/mol. The summed E-state index contributed by atoms with van der Waals surface area (Å²) in [6.07, 6.45) is 2.93. The van der Waals surface area contributed by atoms with Gasteiger partial charge in [-0.25, -0.2) is 5.43 Å². The van der Waals surface area contributed by atoms with Gasteiger partial charge in [0, 0.05) is 25.0 Å². The van der Waals surface area contributed by atoms with Gasteiger partial charge < -0.3 is 5.11 Å². The van der Waals surface area contributed by atoms with Gasteiger partial charge in [-0.05, 0) is 26.2 Å². The number of nitrogens with zero attached hydrogens (tertiary/aromatic N) is 2. The molecule has 1 aliphatic rings. The predicted octanol–water partition coefficient (Wildman–Crippen LogP) is 0.694. The third kappa shape index (κ3) is 2.09. The number of nitrogens with one attached hydrogen (secondary N) is 1. The van der Waals surface area contributed by atoms with Crippen LogP contribution in [0.3, 0.4) is 0 Å². The summed E-state index contributed by atoms with van der Waals surface area (Å²) in [6, 6.07) is 0. The largest absolute Gasteiger partial charge is 0.396 e. The quantitative estimate of drug-likeness (QED) is 0.789. The Morgan fingerprint density at radius 3 is 2.81 bits per heavy atom. The number of aliphatic hydroxyl groups excluding tert-OH is 1. The normalized spacial score (nSPS) is 15.2. The molecule has 1 saturated carbocycles. The van der Waals surface area contributed by atoms with E-state index in [0.29, 0.717) is 12.3 Å². The van der Waals surface area contributed by atoms with Gasteiger partial charge in [0.25, 0.3) is 0 Å². The Bertz CT molecular complexity index is 408. The zero-order chi connectivity index (χ0) is 11.7. The van der Waals surface area contributed by atoms with Gasteiger partial charge in [-0.2, -0.15) is 9.89 Å². The molecule has 0 radical (unpaired) electrons. The van der Waals surface area contributed by atoms with E-state index in [1.165, 1.54) is 11.7 Å². The minimum atomic E-state index is -0.136. The molecule has 1 aliphatic carbocycles. The lowest BCUT2D eigenvalue weighted by Crippen LogP contribution is -2.22. The molecule has 1 aromatic heterocycles. The van der Waals surface area contributed by atoms with E-state index < -0.39 is 0 Å². The number of hydrogen-bond acceptors (Lipinski definition) is 3. The van der Waals surface area contributed by atoms with Crippen molar-refractivity contribution in [2.45, 2.75) is 39.0 Å². The Morgan fingerprint density at radius 1 is 1.62 bits per heavy atom. The molecule has 1 fully saturated rings. The van der Waals surface area contributed by atoms with Crippen LogP contribution in [0.15, 0.2) is 0 Å². The predicted molar refractivity (Wildman–Crippen MR) is 59.8 cm³/mol. The maximum Gasteiger partial charge on any atom is 0.236 e. The van der Waals surface area contributed by atoms with E-state index in [2.05, 4.69) is 10.5 Å². The number of rotatable bonds is 4. The van der Waals surface area contributed by atoms with E-state index in [4.69, 9.17) is 5.11 Å². The molecule has 1 aromatic rings. The lowest BCUT2D eigenvalue weighted by Gasteiger charge is -2.03. The Morgan fingerprint density at radius 2 is 2.31 bits per heavy atom. The maximum atomic E-state index is 11.0. The molecule has 5 nitrogen and oxygen atoms in total. The Hall–Kier alpha value is -1.36. The van der Waals surface area contributed by atoms with Gasteiger partial charge in [-0.15, -0.1) is 0 Å². The fraction of sp³-hybridized carbons (Fsp3) is 0.636. The summed E-state index contributed by atoms with van der Waals surface area (Å²) >= 11 is 0. The van der Waals surface area contributed by atoms with Crippen molar-refractivity contribution in [1.29, 1.82) is 0 Å². The molecule has 2 N–H and O–H groups in total. The summed E-state index contributed by atoms with van der Waals surface area (Å²) in [5, 5.41) is 13.4. The molecule has 1 heterocycles. The first-order chi connectivity index (χ1) is 7.63. The summed E-state index contributed by atoms with van der Waals surface area (Å²) in [7, 11) is 0. The van der Waals surface area contributed by atoms with E-state index in [1.807, 2.05) is 6.92 Å². The number of carbonyl (C=O) groups is 1. The van der Waals surface area contributed by atoms with Crippen molar-refractivity contribution in [3.05, 3.63) is 17.0 Å². The highest BCUT2D eigenvalue weighted by atomic mass is 16.3. The minimum absolute atomic E-state index is 0.117. The van der Waals surface area contributed by atoms with Crippen LogP contribution in [0.5, 0.6) is 0 Å². The average Bonchev–Trinajstić information content (AvgIpc) is 3.00. The van der Waals surface area contributed by atoms with Gasteiger partial charge in [0.2, 0.25) is 5.91 Å². The zero-order valence-electron chi connectivity index (χ0n) is 9.66. The van der Waals surface area contributed by atoms with Crippen LogP contribution in [0.1, 0.15) is 42.6 Å². The fourth-order valence-electron chi connectivity index (χ4n) is 1.92. The third-order valence-electron chi connectivity index (χ3n) is 2.86. The smallest absolute Gasteiger partial charge is 0.236 e. The first-order valence-corrected chi connectivity index (χ1v) is 5.60. The highest BCUT2D eigenvalue weighted by Crippen LogP contribution is 2.41. The zero-order valence-corrected chi connectivity index (χ0v) is 9.66. The number of aromatic nitrogens is 2. The molecule has 0 aliphatic heterocycles. The minimum Gasteiger partial charge on any atom is -0.396 e. The van der Waals surface area contributed by atoms with Crippen molar-refractivity contribution < 1.29 is 9.90 Å². The van der Waals surface area contributed by atoms with Crippen molar-refractivity contribution >= 4 is 5.91 Å². The summed E-state index contributed by atoms with van der Waals surface area (Å²) in [6.45, 7) is 3.50. The van der Waals surface area contributed by atoms with Crippen LogP contribution >= 0.6 is 0 Å². The molecular weight excluding hydrogens is 206 g/mol. The standard InChI is InChI=1S/C11H17N3O2/c1-7-10(5-6-15)11(9-3-4-9)13-14(7)12-8(2)16/h9,15H,3-6H2,1-2H3,(H,12,16). The number of aliphatic hydroxyl groups is 1. The van der Waals surface area contributed by atoms with Crippen LogP contribution in [0.25, 0.3) is 0 Å². The SMILES string of the molecule is CC(=O)Nn1nc(C2CC2)c(CCO)c1C. The van der Waals surface area contributed by atoms with Crippen LogP contribution in [-0.2, 0) is 11.2 Å². The molecular formula is C11H17N3O2. The van der Waals surface area contributed by atoms with Gasteiger partial charge in [-0.3, -0.25) is 4.79 Å². The first-order valence-electron chi connectivity index (χ1n) is 5.60. The second kappa shape index (κ2) is 4.25.